The molecule has 48 valence electrons. The molecule has 1 aliphatic heterocycles. The molecule has 0 radical (unpaired) electrons. The van der Waals surface area contributed by atoms with Crippen LogP contribution in [0.25, 0.3) is 0 Å². The van der Waals surface area contributed by atoms with E-state index in [0.717, 1.165) is 6.21 Å². The van der Waals surface area contributed by atoms with Gasteiger partial charge in [-0.3, -0.25) is 10.1 Å². The standard InChI is InChI=1S/C4H3FN2OS/c5-2-1-6-4(9)7-3(2)8/h1-2H,(H,7,8,9). The maximum atomic E-state index is 12.1. The Balaban J connectivity index is 2.76. The van der Waals surface area contributed by atoms with Crippen molar-refractivity contribution in [2.75, 3.05) is 0 Å². The SMILES string of the molecule is O=C1NC(=S)N=CC1F. The van der Waals surface area contributed by atoms with Crippen LogP contribution in [0.4, 0.5) is 4.39 Å². The van der Waals surface area contributed by atoms with Gasteiger partial charge in [-0.05, 0) is 12.2 Å². The molecule has 0 aliphatic carbocycles. The molecule has 5 heteroatoms. The normalized spacial score (nSPS) is 26.1. The van der Waals surface area contributed by atoms with Gasteiger partial charge in [0, 0.05) is 0 Å². The van der Waals surface area contributed by atoms with Gasteiger partial charge in [0.2, 0.25) is 6.17 Å². The number of amides is 1. The molecule has 1 heterocycles. The van der Waals surface area contributed by atoms with E-state index in [1.807, 2.05) is 5.32 Å². The molecule has 3 nitrogen and oxygen atoms in total. The lowest BCUT2D eigenvalue weighted by Crippen LogP contribution is -2.39. The predicted octanol–water partition coefficient (Wildman–Crippen LogP) is -0.190. The molecule has 0 spiro atoms. The van der Waals surface area contributed by atoms with Crippen LogP contribution < -0.4 is 5.32 Å². The third-order valence-electron chi connectivity index (χ3n) is 0.803. The largest absolute Gasteiger partial charge is 0.298 e. The van der Waals surface area contributed by atoms with E-state index in [9.17, 15) is 9.18 Å². The highest BCUT2D eigenvalue weighted by Gasteiger charge is 2.19. The Morgan fingerprint density at radius 2 is 2.56 bits per heavy atom. The number of nitrogens with zero attached hydrogens (tertiary/aromatic N) is 1. The number of alkyl halides is 1. The number of carbonyl (C=O) groups excluding carboxylic acids is 1. The second-order valence-corrected chi connectivity index (χ2v) is 1.86. The third kappa shape index (κ3) is 1.29. The Morgan fingerprint density at radius 1 is 1.89 bits per heavy atom. The Labute approximate surface area is 56.0 Å². The van der Waals surface area contributed by atoms with Gasteiger partial charge in [0.25, 0.3) is 5.91 Å². The van der Waals surface area contributed by atoms with E-state index in [4.69, 9.17) is 0 Å². The molecule has 0 fully saturated rings. The quantitative estimate of drug-likeness (QED) is 0.481. The summed E-state index contributed by atoms with van der Waals surface area (Å²) in [6, 6.07) is 0. The molecule has 0 aromatic heterocycles. The van der Waals surface area contributed by atoms with Crippen LogP contribution in [0.1, 0.15) is 0 Å². The molecule has 0 aromatic carbocycles. The lowest BCUT2D eigenvalue weighted by molar-refractivity contribution is -0.122. The molecular formula is C4H3FN2OS. The lowest BCUT2D eigenvalue weighted by atomic mass is 10.4. The van der Waals surface area contributed by atoms with Crippen LogP contribution in [0, 0.1) is 0 Å². The number of carbonyl (C=O) groups is 1. The van der Waals surface area contributed by atoms with E-state index in [-0.39, 0.29) is 5.11 Å². The lowest BCUT2D eigenvalue weighted by Gasteiger charge is -2.07. The zero-order chi connectivity index (χ0) is 6.85. The predicted molar refractivity (Wildman–Crippen MR) is 34.1 cm³/mol. The van der Waals surface area contributed by atoms with Gasteiger partial charge in [-0.2, -0.15) is 0 Å². The van der Waals surface area contributed by atoms with Crippen LogP contribution in [-0.4, -0.2) is 23.4 Å². The van der Waals surface area contributed by atoms with Crippen LogP contribution >= 0.6 is 12.2 Å². The van der Waals surface area contributed by atoms with Crippen molar-refractivity contribution in [3.05, 3.63) is 0 Å². The first kappa shape index (κ1) is 6.28. The molecule has 1 rings (SSSR count). The van der Waals surface area contributed by atoms with Crippen LogP contribution in [-0.2, 0) is 4.79 Å². The summed E-state index contributed by atoms with van der Waals surface area (Å²) in [6.07, 6.45) is -0.766. The summed E-state index contributed by atoms with van der Waals surface area (Å²) in [5, 5.41) is 2.07. The highest BCUT2D eigenvalue weighted by Crippen LogP contribution is 1.93. The minimum absolute atomic E-state index is 0.0221. The van der Waals surface area contributed by atoms with Crippen molar-refractivity contribution < 1.29 is 9.18 Å². The first-order chi connectivity index (χ1) is 4.20. The van der Waals surface area contributed by atoms with Crippen molar-refractivity contribution in [3.8, 4) is 0 Å². The van der Waals surface area contributed by atoms with E-state index in [2.05, 4.69) is 17.2 Å². The zero-order valence-electron chi connectivity index (χ0n) is 4.30. The summed E-state index contributed by atoms with van der Waals surface area (Å²) in [6.45, 7) is 0. The van der Waals surface area contributed by atoms with Gasteiger partial charge in [-0.15, -0.1) is 0 Å². The average Bonchev–Trinajstić information content (AvgIpc) is 1.80. The van der Waals surface area contributed by atoms with Crippen LogP contribution in [0.2, 0.25) is 0 Å². The summed E-state index contributed by atoms with van der Waals surface area (Å²) in [5.74, 6) is -0.741. The van der Waals surface area contributed by atoms with Gasteiger partial charge in [-0.1, -0.05) is 0 Å². The van der Waals surface area contributed by atoms with E-state index in [1.54, 1.807) is 0 Å². The molecule has 0 saturated carbocycles. The molecular weight excluding hydrogens is 143 g/mol. The molecule has 9 heavy (non-hydrogen) atoms. The molecule has 1 aliphatic rings. The number of nitrogens with one attached hydrogen (secondary N) is 1. The second kappa shape index (κ2) is 2.18. The Hall–Kier alpha value is -0.840. The van der Waals surface area contributed by atoms with Gasteiger partial charge in [0.05, 0.1) is 6.21 Å². The Morgan fingerprint density at radius 3 is 3.00 bits per heavy atom. The summed E-state index contributed by atoms with van der Waals surface area (Å²) < 4.78 is 12.1. The van der Waals surface area contributed by atoms with Gasteiger partial charge >= 0.3 is 0 Å². The van der Waals surface area contributed by atoms with Crippen LogP contribution in [0.15, 0.2) is 4.99 Å². The molecule has 0 aromatic rings. The molecule has 1 amide bonds. The molecule has 0 bridgehead atoms. The molecule has 1 atom stereocenters. The first-order valence-electron chi connectivity index (χ1n) is 2.23. The van der Waals surface area contributed by atoms with Crippen molar-refractivity contribution in [3.63, 3.8) is 0 Å². The topological polar surface area (TPSA) is 41.5 Å². The minimum atomic E-state index is -1.64. The van der Waals surface area contributed by atoms with E-state index < -0.39 is 12.1 Å². The number of hydrogen-bond donors (Lipinski definition) is 1. The number of hydrogen-bond acceptors (Lipinski definition) is 2. The molecule has 1 unspecified atom stereocenters. The summed E-state index contributed by atoms with van der Waals surface area (Å²) in [7, 11) is 0. The van der Waals surface area contributed by atoms with Gasteiger partial charge in [0.1, 0.15) is 0 Å². The Bertz CT molecular complexity index is 191. The Kier molecular flexibility index (Phi) is 1.52. The maximum Gasteiger partial charge on any atom is 0.266 e. The van der Waals surface area contributed by atoms with Gasteiger partial charge < -0.3 is 0 Å². The van der Waals surface area contributed by atoms with E-state index in [1.165, 1.54) is 0 Å². The van der Waals surface area contributed by atoms with Crippen LogP contribution in [0.3, 0.4) is 0 Å². The van der Waals surface area contributed by atoms with Gasteiger partial charge in [0.15, 0.2) is 5.11 Å². The van der Waals surface area contributed by atoms with Crippen molar-refractivity contribution >= 4 is 29.5 Å². The second-order valence-electron chi connectivity index (χ2n) is 1.47. The van der Waals surface area contributed by atoms with Crippen molar-refractivity contribution in [1.29, 1.82) is 0 Å². The highest BCUT2D eigenvalue weighted by atomic mass is 32.1. The third-order valence-corrected chi connectivity index (χ3v) is 1.01. The number of thiocarbonyl (C=S) groups is 1. The molecule has 1 N–H and O–H groups in total. The van der Waals surface area contributed by atoms with Gasteiger partial charge in [-0.25, -0.2) is 9.38 Å². The number of rotatable bonds is 0. The fourth-order valence-electron chi connectivity index (χ4n) is 0.407. The number of aliphatic imine (C=N–C) groups is 1. The maximum absolute atomic E-state index is 12.1. The zero-order valence-corrected chi connectivity index (χ0v) is 5.11. The van der Waals surface area contributed by atoms with E-state index in [0.29, 0.717) is 0 Å². The monoisotopic (exact) mass is 146 g/mol. The first-order valence-corrected chi connectivity index (χ1v) is 2.64. The fourth-order valence-corrected chi connectivity index (χ4v) is 0.569. The smallest absolute Gasteiger partial charge is 0.266 e. The molecule has 0 saturated heterocycles. The summed E-state index contributed by atoms with van der Waals surface area (Å²) in [5.41, 5.74) is 0. The van der Waals surface area contributed by atoms with E-state index >= 15 is 0 Å². The average molecular weight is 146 g/mol. The van der Waals surface area contributed by atoms with Crippen molar-refractivity contribution in [2.45, 2.75) is 6.17 Å². The number of halogens is 1. The van der Waals surface area contributed by atoms with Crippen molar-refractivity contribution in [2.24, 2.45) is 4.99 Å². The van der Waals surface area contributed by atoms with Crippen molar-refractivity contribution in [1.82, 2.24) is 5.32 Å². The van der Waals surface area contributed by atoms with Crippen LogP contribution in [0.5, 0.6) is 0 Å². The minimum Gasteiger partial charge on any atom is -0.298 e. The highest BCUT2D eigenvalue weighted by molar-refractivity contribution is 7.80. The summed E-state index contributed by atoms with van der Waals surface area (Å²) >= 11 is 4.44. The fraction of sp³-hybridized carbons (Fsp3) is 0.250. The summed E-state index contributed by atoms with van der Waals surface area (Å²) in [4.78, 5) is 13.7.